The molecule has 2 aromatic heterocycles. The van der Waals surface area contributed by atoms with Gasteiger partial charge in [0.2, 0.25) is 0 Å². The molecular formula is C23H26F3N7O3S. The van der Waals surface area contributed by atoms with Crippen molar-refractivity contribution in [1.29, 1.82) is 0 Å². The quantitative estimate of drug-likeness (QED) is 0.517. The molecule has 0 spiro atoms. The van der Waals surface area contributed by atoms with Crippen molar-refractivity contribution >= 4 is 15.9 Å². The van der Waals surface area contributed by atoms with Gasteiger partial charge in [-0.25, -0.2) is 23.1 Å². The molecule has 0 aliphatic carbocycles. The molecule has 0 unspecified atom stereocenters. The van der Waals surface area contributed by atoms with Crippen LogP contribution in [-0.4, -0.2) is 55.0 Å². The van der Waals surface area contributed by atoms with Gasteiger partial charge in [0, 0.05) is 31.6 Å². The topological polar surface area (TPSA) is 115 Å². The van der Waals surface area contributed by atoms with Crippen LogP contribution < -0.4 is 5.32 Å². The van der Waals surface area contributed by atoms with Crippen LogP contribution in [0.2, 0.25) is 0 Å². The lowest BCUT2D eigenvalue weighted by Crippen LogP contribution is -2.44. The molecule has 5 rings (SSSR count). The summed E-state index contributed by atoms with van der Waals surface area (Å²) in [4.78, 5) is 21.9. The van der Waals surface area contributed by atoms with Gasteiger partial charge >= 0.3 is 15.5 Å². The fourth-order valence-corrected chi connectivity index (χ4v) is 5.56. The number of rotatable bonds is 6. The van der Waals surface area contributed by atoms with Gasteiger partial charge in [0.15, 0.2) is 5.82 Å². The van der Waals surface area contributed by atoms with Gasteiger partial charge in [-0.2, -0.15) is 22.6 Å². The van der Waals surface area contributed by atoms with Gasteiger partial charge in [-0.15, -0.1) is 0 Å². The second kappa shape index (κ2) is 9.56. The highest BCUT2D eigenvalue weighted by atomic mass is 32.2. The molecule has 1 N–H and O–H groups in total. The Bertz CT molecular complexity index is 1430. The molecule has 2 aliphatic heterocycles. The zero-order valence-electron chi connectivity index (χ0n) is 20.1. The van der Waals surface area contributed by atoms with Gasteiger partial charge in [0.25, 0.3) is 5.91 Å². The largest absolute Gasteiger partial charge is 0.511 e. The predicted octanol–water partition coefficient (Wildman–Crippen LogP) is 2.64. The Kier molecular flexibility index (Phi) is 6.56. The Balaban J connectivity index is 1.26. The van der Waals surface area contributed by atoms with Crippen molar-refractivity contribution in [3.63, 3.8) is 0 Å². The molecule has 0 saturated carbocycles. The van der Waals surface area contributed by atoms with Crippen LogP contribution in [0.3, 0.4) is 0 Å². The molecule has 0 atom stereocenters. The summed E-state index contributed by atoms with van der Waals surface area (Å²) < 4.78 is 66.0. The minimum Gasteiger partial charge on any atom is -0.347 e. The Morgan fingerprint density at radius 1 is 1.05 bits per heavy atom. The van der Waals surface area contributed by atoms with Gasteiger partial charge in [0.05, 0.1) is 18.8 Å². The molecule has 1 amide bonds. The number of nitrogens with one attached hydrogen (secondary N) is 1. The van der Waals surface area contributed by atoms with Gasteiger partial charge in [0.1, 0.15) is 17.3 Å². The Labute approximate surface area is 211 Å². The van der Waals surface area contributed by atoms with Crippen LogP contribution in [0.1, 0.15) is 53.2 Å². The third-order valence-corrected chi connectivity index (χ3v) is 8.20. The van der Waals surface area contributed by atoms with Crippen LogP contribution >= 0.6 is 0 Å². The first-order valence-corrected chi connectivity index (χ1v) is 13.5. The smallest absolute Gasteiger partial charge is 0.347 e. The number of halogens is 3. The monoisotopic (exact) mass is 537 g/mol. The Hall–Kier alpha value is -3.26. The van der Waals surface area contributed by atoms with Gasteiger partial charge < -0.3 is 9.88 Å². The lowest BCUT2D eigenvalue weighted by molar-refractivity contribution is -0.0496. The molecule has 1 aromatic carbocycles. The first kappa shape index (κ1) is 25.4. The number of fused-ring (bicyclic) bond motifs is 2. The predicted molar refractivity (Wildman–Crippen MR) is 127 cm³/mol. The minimum absolute atomic E-state index is 0.0280. The summed E-state index contributed by atoms with van der Waals surface area (Å²) in [6.45, 7) is 2.22. The zero-order chi connectivity index (χ0) is 26.4. The first-order chi connectivity index (χ1) is 17.6. The molecule has 198 valence electrons. The Morgan fingerprint density at radius 2 is 1.81 bits per heavy atom. The average molecular weight is 538 g/mol. The maximum Gasteiger partial charge on any atom is 0.511 e. The highest BCUT2D eigenvalue weighted by Gasteiger charge is 2.50. The van der Waals surface area contributed by atoms with E-state index in [4.69, 9.17) is 0 Å². The van der Waals surface area contributed by atoms with E-state index >= 15 is 0 Å². The number of sulfonamides is 1. The van der Waals surface area contributed by atoms with Crippen molar-refractivity contribution in [2.24, 2.45) is 0 Å². The van der Waals surface area contributed by atoms with E-state index in [0.717, 1.165) is 42.9 Å². The second-order valence-electron chi connectivity index (χ2n) is 9.02. The molecule has 0 fully saturated rings. The third-order valence-electron chi connectivity index (χ3n) is 6.63. The van der Waals surface area contributed by atoms with E-state index in [1.54, 1.807) is 12.1 Å². The van der Waals surface area contributed by atoms with Crippen molar-refractivity contribution in [2.45, 2.75) is 64.3 Å². The highest BCUT2D eigenvalue weighted by Crippen LogP contribution is 2.30. The molecule has 37 heavy (non-hydrogen) atoms. The lowest BCUT2D eigenvalue weighted by Gasteiger charge is -2.26. The van der Waals surface area contributed by atoms with Crippen LogP contribution in [0, 0.1) is 0 Å². The van der Waals surface area contributed by atoms with Crippen molar-refractivity contribution < 1.29 is 26.4 Å². The summed E-state index contributed by atoms with van der Waals surface area (Å²) in [6.07, 6.45) is 3.66. The average Bonchev–Trinajstić information content (AvgIpc) is 3.48. The van der Waals surface area contributed by atoms with Crippen molar-refractivity contribution in [1.82, 2.24) is 33.9 Å². The van der Waals surface area contributed by atoms with E-state index < -0.39 is 22.1 Å². The Morgan fingerprint density at radius 3 is 2.51 bits per heavy atom. The third kappa shape index (κ3) is 4.75. The van der Waals surface area contributed by atoms with E-state index in [1.807, 2.05) is 23.6 Å². The van der Waals surface area contributed by atoms with E-state index in [1.165, 1.54) is 4.68 Å². The van der Waals surface area contributed by atoms with Crippen LogP contribution in [-0.2, 0) is 49.0 Å². The standard InChI is InChI=1S/C23H26F3N7O3S/c1-2-17-20(32-10-4-3-5-18(32)28-17)22(34)27-13-15-6-8-16(9-7-15)21-29-19-14-31(11-12-33(19)30-21)37(35,36)23(24,25)26/h6-9H,2-5,10-14H2,1H3,(H,27,34). The molecule has 10 nitrogen and oxygen atoms in total. The number of aryl methyl sites for hydroxylation is 2. The van der Waals surface area contributed by atoms with Gasteiger partial charge in [-0.05, 0) is 24.8 Å². The van der Waals surface area contributed by atoms with Gasteiger partial charge in [-0.1, -0.05) is 31.2 Å². The number of carbonyl (C=O) groups excluding carboxylic acids is 1. The molecular weight excluding hydrogens is 511 g/mol. The summed E-state index contributed by atoms with van der Waals surface area (Å²) in [5, 5.41) is 7.29. The number of alkyl halides is 3. The van der Waals surface area contributed by atoms with Crippen LogP contribution in [0.15, 0.2) is 24.3 Å². The van der Waals surface area contributed by atoms with Crippen LogP contribution in [0.4, 0.5) is 13.2 Å². The molecule has 3 aromatic rings. The molecule has 2 aliphatic rings. The number of amides is 1. The maximum atomic E-state index is 13.0. The van der Waals surface area contributed by atoms with E-state index in [-0.39, 0.29) is 30.6 Å². The lowest BCUT2D eigenvalue weighted by atomic mass is 10.1. The SMILES string of the molecule is CCc1nc2n(c1C(=O)NCc1ccc(-c3nc4n(n3)CCN(S(=O)(=O)C(F)(F)F)C4)cc1)CCCC2. The second-order valence-corrected chi connectivity index (χ2v) is 11.0. The number of hydrogen-bond acceptors (Lipinski definition) is 6. The number of aromatic nitrogens is 5. The summed E-state index contributed by atoms with van der Waals surface area (Å²) in [7, 11) is -5.43. The summed E-state index contributed by atoms with van der Waals surface area (Å²) >= 11 is 0. The van der Waals surface area contributed by atoms with E-state index in [2.05, 4.69) is 20.4 Å². The minimum atomic E-state index is -5.43. The number of imidazole rings is 1. The summed E-state index contributed by atoms with van der Waals surface area (Å²) in [6, 6.07) is 7.13. The first-order valence-electron chi connectivity index (χ1n) is 12.0. The van der Waals surface area contributed by atoms with Crippen LogP contribution in [0.5, 0.6) is 0 Å². The van der Waals surface area contributed by atoms with Gasteiger partial charge in [-0.3, -0.25) is 4.79 Å². The summed E-state index contributed by atoms with van der Waals surface area (Å²) in [5.74, 6) is 1.23. The number of nitrogens with zero attached hydrogens (tertiary/aromatic N) is 6. The fraction of sp³-hybridized carbons (Fsp3) is 0.478. The van der Waals surface area contributed by atoms with Crippen molar-refractivity contribution in [2.75, 3.05) is 6.54 Å². The molecule has 4 heterocycles. The normalized spacial score (nSPS) is 16.3. The zero-order valence-corrected chi connectivity index (χ0v) is 20.9. The van der Waals surface area contributed by atoms with E-state index in [9.17, 15) is 26.4 Å². The molecule has 0 saturated heterocycles. The maximum absolute atomic E-state index is 13.0. The highest BCUT2D eigenvalue weighted by molar-refractivity contribution is 7.89. The number of hydrogen-bond donors (Lipinski definition) is 1. The molecule has 14 heteroatoms. The number of benzene rings is 1. The van der Waals surface area contributed by atoms with Crippen molar-refractivity contribution in [3.8, 4) is 11.4 Å². The summed E-state index contributed by atoms with van der Waals surface area (Å²) in [5.41, 5.74) is -2.46. The fourth-order valence-electron chi connectivity index (χ4n) is 4.66. The number of carbonyl (C=O) groups is 1. The molecule has 0 bridgehead atoms. The van der Waals surface area contributed by atoms with Crippen molar-refractivity contribution in [3.05, 3.63) is 52.9 Å². The molecule has 0 radical (unpaired) electrons. The van der Waals surface area contributed by atoms with E-state index in [0.29, 0.717) is 28.5 Å². The van der Waals surface area contributed by atoms with Crippen LogP contribution in [0.25, 0.3) is 11.4 Å².